The third kappa shape index (κ3) is 3.75. The van der Waals surface area contributed by atoms with E-state index in [9.17, 15) is 9.59 Å². The zero-order valence-electron chi connectivity index (χ0n) is 9.86. The van der Waals surface area contributed by atoms with E-state index >= 15 is 0 Å². The zero-order chi connectivity index (χ0) is 12.8. The number of hydrogen-bond acceptors (Lipinski definition) is 4. The van der Waals surface area contributed by atoms with Gasteiger partial charge in [0, 0.05) is 5.57 Å². The number of methoxy groups -OCH3 is 1. The van der Waals surface area contributed by atoms with Crippen LogP contribution in [0, 0.1) is 0 Å². The molecule has 0 aliphatic carbocycles. The van der Waals surface area contributed by atoms with E-state index in [-0.39, 0.29) is 12.4 Å². The quantitative estimate of drug-likeness (QED) is 0.577. The van der Waals surface area contributed by atoms with Crippen molar-refractivity contribution in [3.8, 4) is 5.75 Å². The number of ether oxygens (including phenoxy) is 2. The van der Waals surface area contributed by atoms with Crippen LogP contribution in [-0.4, -0.2) is 25.5 Å². The average molecular weight is 234 g/mol. The van der Waals surface area contributed by atoms with Crippen molar-refractivity contribution in [2.45, 2.75) is 6.92 Å². The van der Waals surface area contributed by atoms with Crippen molar-refractivity contribution in [1.82, 2.24) is 0 Å². The predicted octanol–water partition coefficient (Wildman–Crippen LogP) is 2.00. The lowest BCUT2D eigenvalue weighted by Gasteiger charge is -2.06. The van der Waals surface area contributed by atoms with Crippen LogP contribution in [-0.2, 0) is 9.53 Å². The zero-order valence-corrected chi connectivity index (χ0v) is 9.86. The molecule has 0 N–H and O–H groups in total. The third-order valence-corrected chi connectivity index (χ3v) is 2.19. The number of hydrogen-bond donors (Lipinski definition) is 0. The molecule has 0 heterocycles. The average Bonchev–Trinajstić information content (AvgIpc) is 2.35. The number of esters is 1. The summed E-state index contributed by atoms with van der Waals surface area (Å²) < 4.78 is 9.89. The van der Waals surface area contributed by atoms with Crippen molar-refractivity contribution in [2.75, 3.05) is 13.7 Å². The fourth-order valence-corrected chi connectivity index (χ4v) is 1.08. The van der Waals surface area contributed by atoms with Crippen LogP contribution in [0.1, 0.15) is 17.3 Å². The molecule has 1 aromatic carbocycles. The summed E-state index contributed by atoms with van der Waals surface area (Å²) in [6.45, 7) is 5.16. The van der Waals surface area contributed by atoms with Crippen LogP contribution in [0.5, 0.6) is 5.75 Å². The van der Waals surface area contributed by atoms with Gasteiger partial charge in [-0.25, -0.2) is 4.79 Å². The van der Waals surface area contributed by atoms with E-state index in [0.717, 1.165) is 0 Å². The first-order valence-corrected chi connectivity index (χ1v) is 5.04. The van der Waals surface area contributed by atoms with Crippen molar-refractivity contribution in [2.24, 2.45) is 0 Å². The van der Waals surface area contributed by atoms with Gasteiger partial charge in [-0.05, 0) is 31.2 Å². The Hall–Kier alpha value is -2.10. The molecule has 4 heteroatoms. The molecule has 90 valence electrons. The first kappa shape index (κ1) is 13.0. The number of carbonyl (C=O) groups is 2. The van der Waals surface area contributed by atoms with Gasteiger partial charge in [-0.15, -0.1) is 0 Å². The molecule has 0 fully saturated rings. The summed E-state index contributed by atoms with van der Waals surface area (Å²) in [5, 5.41) is 0. The number of Topliss-reactive ketones (excluding diaryl/α,β-unsaturated/α-hetero) is 1. The molecule has 0 saturated heterocycles. The Balaban J connectivity index is 2.60. The van der Waals surface area contributed by atoms with Gasteiger partial charge in [0.1, 0.15) is 12.4 Å². The lowest BCUT2D eigenvalue weighted by Crippen LogP contribution is -2.07. The standard InChI is InChI=1S/C13H14O4/c1-9(10(2)14)8-17-12-6-4-11(5-7-12)13(15)16-3/h4-7H,1,8H2,2-3H3. The van der Waals surface area contributed by atoms with Crippen LogP contribution in [0.2, 0.25) is 0 Å². The minimum atomic E-state index is -0.398. The van der Waals surface area contributed by atoms with Crippen molar-refractivity contribution >= 4 is 11.8 Å². The van der Waals surface area contributed by atoms with Gasteiger partial charge in [-0.3, -0.25) is 4.79 Å². The summed E-state index contributed by atoms with van der Waals surface area (Å²) in [6, 6.07) is 6.47. The Labute approximate surface area is 99.8 Å². The largest absolute Gasteiger partial charge is 0.489 e. The summed E-state index contributed by atoms with van der Waals surface area (Å²) in [5.74, 6) is 0.0703. The number of ketones is 1. The first-order valence-electron chi connectivity index (χ1n) is 5.04. The Kier molecular flexibility index (Phi) is 4.46. The van der Waals surface area contributed by atoms with Gasteiger partial charge < -0.3 is 9.47 Å². The van der Waals surface area contributed by atoms with E-state index in [1.54, 1.807) is 24.3 Å². The van der Waals surface area contributed by atoms with Crippen molar-refractivity contribution in [3.63, 3.8) is 0 Å². The molecule has 1 rings (SSSR count). The molecule has 0 saturated carbocycles. The van der Waals surface area contributed by atoms with Crippen LogP contribution >= 0.6 is 0 Å². The molecule has 0 amide bonds. The maximum atomic E-state index is 11.2. The van der Waals surface area contributed by atoms with Gasteiger partial charge in [0.15, 0.2) is 5.78 Å². The monoisotopic (exact) mass is 234 g/mol. The summed E-state index contributed by atoms with van der Waals surface area (Å²) in [7, 11) is 1.32. The minimum absolute atomic E-state index is 0.101. The molecular weight excluding hydrogens is 220 g/mol. The Morgan fingerprint density at radius 1 is 1.24 bits per heavy atom. The summed E-state index contributed by atoms with van der Waals surface area (Å²) in [6.07, 6.45) is 0. The van der Waals surface area contributed by atoms with E-state index in [0.29, 0.717) is 16.9 Å². The lowest BCUT2D eigenvalue weighted by atomic mass is 10.2. The van der Waals surface area contributed by atoms with Gasteiger partial charge in [-0.1, -0.05) is 6.58 Å². The molecule has 0 aromatic heterocycles. The second kappa shape index (κ2) is 5.84. The van der Waals surface area contributed by atoms with Gasteiger partial charge in [0.25, 0.3) is 0 Å². The van der Waals surface area contributed by atoms with Gasteiger partial charge in [-0.2, -0.15) is 0 Å². The summed E-state index contributed by atoms with van der Waals surface area (Å²) >= 11 is 0. The van der Waals surface area contributed by atoms with E-state index < -0.39 is 5.97 Å². The van der Waals surface area contributed by atoms with E-state index in [1.807, 2.05) is 0 Å². The molecule has 0 bridgehead atoms. The highest BCUT2D eigenvalue weighted by molar-refractivity contribution is 5.92. The van der Waals surface area contributed by atoms with Crippen LogP contribution in [0.25, 0.3) is 0 Å². The number of rotatable bonds is 5. The minimum Gasteiger partial charge on any atom is -0.489 e. The van der Waals surface area contributed by atoms with Crippen LogP contribution < -0.4 is 4.74 Å². The molecule has 0 unspecified atom stereocenters. The summed E-state index contributed by atoms with van der Waals surface area (Å²) in [5.41, 5.74) is 0.854. The van der Waals surface area contributed by atoms with E-state index in [4.69, 9.17) is 4.74 Å². The van der Waals surface area contributed by atoms with Crippen LogP contribution in [0.4, 0.5) is 0 Å². The van der Waals surface area contributed by atoms with Gasteiger partial charge in [0.2, 0.25) is 0 Å². The number of carbonyl (C=O) groups excluding carboxylic acids is 2. The van der Waals surface area contributed by atoms with Crippen LogP contribution in [0.3, 0.4) is 0 Å². The highest BCUT2D eigenvalue weighted by atomic mass is 16.5. The topological polar surface area (TPSA) is 52.6 Å². The Morgan fingerprint density at radius 2 is 1.82 bits per heavy atom. The molecule has 17 heavy (non-hydrogen) atoms. The molecule has 1 aromatic rings. The highest BCUT2D eigenvalue weighted by Crippen LogP contribution is 2.13. The molecule has 0 atom stereocenters. The van der Waals surface area contributed by atoms with Gasteiger partial charge in [0.05, 0.1) is 12.7 Å². The van der Waals surface area contributed by atoms with E-state index in [2.05, 4.69) is 11.3 Å². The SMILES string of the molecule is C=C(COc1ccc(C(=O)OC)cc1)C(C)=O. The lowest BCUT2D eigenvalue weighted by molar-refractivity contribution is -0.113. The first-order chi connectivity index (χ1) is 8.04. The second-order valence-corrected chi connectivity index (χ2v) is 3.46. The molecule has 0 aliphatic rings. The fraction of sp³-hybridized carbons (Fsp3) is 0.231. The van der Waals surface area contributed by atoms with Crippen molar-refractivity contribution < 1.29 is 19.1 Å². The van der Waals surface area contributed by atoms with Crippen molar-refractivity contribution in [1.29, 1.82) is 0 Å². The molecule has 0 aliphatic heterocycles. The number of benzene rings is 1. The third-order valence-electron chi connectivity index (χ3n) is 2.19. The van der Waals surface area contributed by atoms with Gasteiger partial charge >= 0.3 is 5.97 Å². The molecule has 0 radical (unpaired) electrons. The molecule has 0 spiro atoms. The van der Waals surface area contributed by atoms with Crippen molar-refractivity contribution in [3.05, 3.63) is 42.0 Å². The smallest absolute Gasteiger partial charge is 0.337 e. The highest BCUT2D eigenvalue weighted by Gasteiger charge is 2.05. The molecular formula is C13H14O4. The summed E-state index contributed by atoms with van der Waals surface area (Å²) in [4.78, 5) is 22.1. The fourth-order valence-electron chi connectivity index (χ4n) is 1.08. The van der Waals surface area contributed by atoms with E-state index in [1.165, 1.54) is 14.0 Å². The van der Waals surface area contributed by atoms with Crippen LogP contribution in [0.15, 0.2) is 36.4 Å². The second-order valence-electron chi connectivity index (χ2n) is 3.46. The predicted molar refractivity (Wildman–Crippen MR) is 63.1 cm³/mol. The maximum absolute atomic E-state index is 11.2. The maximum Gasteiger partial charge on any atom is 0.337 e. The Morgan fingerprint density at radius 3 is 2.29 bits per heavy atom. The normalized spacial score (nSPS) is 9.53. The molecule has 4 nitrogen and oxygen atoms in total. The Bertz CT molecular complexity index is 431.